The van der Waals surface area contributed by atoms with Gasteiger partial charge in [0.15, 0.2) is 9.84 Å². The molecule has 4 nitrogen and oxygen atoms in total. The number of nitrogens with zero attached hydrogens (tertiary/aromatic N) is 1. The second-order valence-corrected chi connectivity index (χ2v) is 6.77. The topological polar surface area (TPSA) is 57.6 Å². The summed E-state index contributed by atoms with van der Waals surface area (Å²) in [6, 6.07) is 7.45. The van der Waals surface area contributed by atoms with E-state index in [4.69, 9.17) is 5.11 Å². The SMILES string of the molecule is CCS(=O)(=O)c1ccccc1N(CCO)C1CC1. The highest BCUT2D eigenvalue weighted by Gasteiger charge is 2.31. The van der Waals surface area contributed by atoms with Crippen molar-refractivity contribution >= 4 is 15.5 Å². The Morgan fingerprint density at radius 3 is 2.56 bits per heavy atom. The molecule has 0 radical (unpaired) electrons. The van der Waals surface area contributed by atoms with Crippen molar-refractivity contribution in [3.8, 4) is 0 Å². The number of rotatable bonds is 6. The van der Waals surface area contributed by atoms with Crippen molar-refractivity contribution in [1.82, 2.24) is 0 Å². The zero-order valence-corrected chi connectivity index (χ0v) is 11.4. The number of aliphatic hydroxyl groups excluding tert-OH is 1. The third kappa shape index (κ3) is 2.67. The first kappa shape index (κ1) is 13.4. The van der Waals surface area contributed by atoms with Crippen molar-refractivity contribution in [2.75, 3.05) is 23.8 Å². The standard InChI is InChI=1S/C13H19NO3S/c1-2-18(16,17)13-6-4-3-5-12(13)14(9-10-15)11-7-8-11/h3-6,11,15H,2,7-10H2,1H3. The molecule has 1 aliphatic rings. The predicted octanol–water partition coefficient (Wildman–Crippen LogP) is 1.44. The summed E-state index contributed by atoms with van der Waals surface area (Å²) in [5, 5.41) is 9.13. The van der Waals surface area contributed by atoms with E-state index in [-0.39, 0.29) is 12.4 Å². The van der Waals surface area contributed by atoms with Gasteiger partial charge in [-0.25, -0.2) is 8.42 Å². The van der Waals surface area contributed by atoms with Gasteiger partial charge in [-0.3, -0.25) is 0 Å². The van der Waals surface area contributed by atoms with Crippen LogP contribution in [0.25, 0.3) is 0 Å². The van der Waals surface area contributed by atoms with Crippen molar-refractivity contribution < 1.29 is 13.5 Å². The fraction of sp³-hybridized carbons (Fsp3) is 0.538. The van der Waals surface area contributed by atoms with Crippen LogP contribution in [0.2, 0.25) is 0 Å². The average Bonchev–Trinajstić information content (AvgIpc) is 3.20. The molecule has 0 aromatic heterocycles. The lowest BCUT2D eigenvalue weighted by Crippen LogP contribution is -2.30. The van der Waals surface area contributed by atoms with Crippen LogP contribution >= 0.6 is 0 Å². The van der Waals surface area contributed by atoms with Gasteiger partial charge >= 0.3 is 0 Å². The lowest BCUT2D eigenvalue weighted by molar-refractivity contribution is 0.301. The fourth-order valence-corrected chi connectivity index (χ4v) is 3.21. The quantitative estimate of drug-likeness (QED) is 0.849. The maximum atomic E-state index is 12.1. The first-order chi connectivity index (χ1) is 8.60. The summed E-state index contributed by atoms with van der Waals surface area (Å²) in [5.41, 5.74) is 0.732. The minimum absolute atomic E-state index is 0.0387. The minimum atomic E-state index is -3.22. The molecule has 0 heterocycles. The Balaban J connectivity index is 2.43. The average molecular weight is 269 g/mol. The molecule has 0 bridgehead atoms. The van der Waals surface area contributed by atoms with Gasteiger partial charge in [-0.2, -0.15) is 0 Å². The smallest absolute Gasteiger partial charge is 0.180 e. The molecule has 0 unspecified atom stereocenters. The molecule has 1 N–H and O–H groups in total. The van der Waals surface area contributed by atoms with E-state index >= 15 is 0 Å². The van der Waals surface area contributed by atoms with Gasteiger partial charge in [0.05, 0.1) is 22.9 Å². The van der Waals surface area contributed by atoms with Crippen LogP contribution in [-0.4, -0.2) is 38.5 Å². The van der Waals surface area contributed by atoms with Gasteiger partial charge in [0.25, 0.3) is 0 Å². The highest BCUT2D eigenvalue weighted by Crippen LogP contribution is 2.35. The Hall–Kier alpha value is -1.07. The third-order valence-corrected chi connectivity index (χ3v) is 4.99. The first-order valence-corrected chi connectivity index (χ1v) is 7.94. The fourth-order valence-electron chi connectivity index (χ4n) is 2.11. The predicted molar refractivity (Wildman–Crippen MR) is 71.6 cm³/mol. The molecule has 1 saturated carbocycles. The molecular formula is C13H19NO3S. The van der Waals surface area contributed by atoms with E-state index in [0.717, 1.165) is 18.5 Å². The summed E-state index contributed by atoms with van der Waals surface area (Å²) in [7, 11) is -3.22. The van der Waals surface area contributed by atoms with Gasteiger partial charge < -0.3 is 10.0 Å². The zero-order valence-electron chi connectivity index (χ0n) is 10.5. The Morgan fingerprint density at radius 1 is 1.33 bits per heavy atom. The van der Waals surface area contributed by atoms with E-state index in [2.05, 4.69) is 0 Å². The van der Waals surface area contributed by atoms with Crippen LogP contribution in [0.5, 0.6) is 0 Å². The lowest BCUT2D eigenvalue weighted by Gasteiger charge is -2.26. The van der Waals surface area contributed by atoms with Crippen LogP contribution in [0.15, 0.2) is 29.2 Å². The van der Waals surface area contributed by atoms with E-state index in [1.165, 1.54) is 0 Å². The third-order valence-electron chi connectivity index (χ3n) is 3.22. The lowest BCUT2D eigenvalue weighted by atomic mass is 10.2. The number of anilines is 1. The second kappa shape index (κ2) is 5.28. The summed E-state index contributed by atoms with van der Waals surface area (Å²) < 4.78 is 24.2. The van der Waals surface area contributed by atoms with Gasteiger partial charge in [0, 0.05) is 12.6 Å². The maximum absolute atomic E-state index is 12.1. The van der Waals surface area contributed by atoms with E-state index in [0.29, 0.717) is 17.5 Å². The first-order valence-electron chi connectivity index (χ1n) is 6.29. The Labute approximate surface area is 108 Å². The Morgan fingerprint density at radius 2 is 2.00 bits per heavy atom. The highest BCUT2D eigenvalue weighted by atomic mass is 32.2. The van der Waals surface area contributed by atoms with Gasteiger partial charge in [0.1, 0.15) is 0 Å². The number of hydrogen-bond acceptors (Lipinski definition) is 4. The second-order valence-electron chi connectivity index (χ2n) is 4.52. The molecule has 1 aromatic rings. The zero-order chi connectivity index (χ0) is 13.2. The molecule has 5 heteroatoms. The highest BCUT2D eigenvalue weighted by molar-refractivity contribution is 7.91. The van der Waals surface area contributed by atoms with Crippen molar-refractivity contribution in [2.45, 2.75) is 30.7 Å². The number of aliphatic hydroxyl groups is 1. The molecule has 1 fully saturated rings. The summed E-state index contributed by atoms with van der Waals surface area (Å²) in [6.07, 6.45) is 2.14. The van der Waals surface area contributed by atoms with E-state index < -0.39 is 9.84 Å². The Kier molecular flexibility index (Phi) is 3.92. The van der Waals surface area contributed by atoms with Crippen molar-refractivity contribution in [1.29, 1.82) is 0 Å². The molecule has 1 aromatic carbocycles. The minimum Gasteiger partial charge on any atom is -0.395 e. The molecule has 1 aliphatic carbocycles. The summed E-state index contributed by atoms with van der Waals surface area (Å²) in [4.78, 5) is 2.40. The normalized spacial score (nSPS) is 15.7. The molecule has 0 saturated heterocycles. The van der Waals surface area contributed by atoms with Crippen LogP contribution in [0, 0.1) is 0 Å². The van der Waals surface area contributed by atoms with Gasteiger partial charge in [-0.15, -0.1) is 0 Å². The summed E-state index contributed by atoms with van der Waals surface area (Å²) in [5.74, 6) is 0.0989. The molecule has 0 aliphatic heterocycles. The molecule has 0 atom stereocenters. The van der Waals surface area contributed by atoms with E-state index in [1.807, 2.05) is 17.0 Å². The monoisotopic (exact) mass is 269 g/mol. The van der Waals surface area contributed by atoms with Gasteiger partial charge in [0.2, 0.25) is 0 Å². The molecule has 2 rings (SSSR count). The largest absolute Gasteiger partial charge is 0.395 e. The van der Waals surface area contributed by atoms with E-state index in [9.17, 15) is 8.42 Å². The molecule has 18 heavy (non-hydrogen) atoms. The van der Waals surface area contributed by atoms with Crippen molar-refractivity contribution in [3.05, 3.63) is 24.3 Å². The molecule has 0 amide bonds. The van der Waals surface area contributed by atoms with Crippen LogP contribution in [-0.2, 0) is 9.84 Å². The van der Waals surface area contributed by atoms with Gasteiger partial charge in [-0.1, -0.05) is 19.1 Å². The molecule has 100 valence electrons. The van der Waals surface area contributed by atoms with E-state index in [1.54, 1.807) is 19.1 Å². The van der Waals surface area contributed by atoms with Crippen molar-refractivity contribution in [3.63, 3.8) is 0 Å². The van der Waals surface area contributed by atoms with Crippen LogP contribution in [0.4, 0.5) is 5.69 Å². The number of hydrogen-bond donors (Lipinski definition) is 1. The van der Waals surface area contributed by atoms with Crippen molar-refractivity contribution in [2.24, 2.45) is 0 Å². The molecule has 0 spiro atoms. The number of sulfone groups is 1. The van der Waals surface area contributed by atoms with Gasteiger partial charge in [-0.05, 0) is 25.0 Å². The van der Waals surface area contributed by atoms with Crippen LogP contribution in [0.3, 0.4) is 0 Å². The summed E-state index contributed by atoms with van der Waals surface area (Å²) >= 11 is 0. The summed E-state index contributed by atoms with van der Waals surface area (Å²) in [6.45, 7) is 2.18. The van der Waals surface area contributed by atoms with Crippen LogP contribution in [0.1, 0.15) is 19.8 Å². The number of para-hydroxylation sites is 1. The Bertz CT molecular complexity index is 509. The maximum Gasteiger partial charge on any atom is 0.180 e. The number of benzene rings is 1. The van der Waals surface area contributed by atoms with Crippen LogP contribution < -0.4 is 4.90 Å². The molecular weight excluding hydrogens is 250 g/mol.